The molecule has 2 atom stereocenters. The van der Waals surface area contributed by atoms with Crippen molar-refractivity contribution < 1.29 is 18.0 Å². The van der Waals surface area contributed by atoms with Gasteiger partial charge in [-0.05, 0) is 13.3 Å². The van der Waals surface area contributed by atoms with Gasteiger partial charge in [0.15, 0.2) is 14.6 Å². The maximum absolute atomic E-state index is 11.5. The smallest absolute Gasteiger partial charge is 0.239 e. The van der Waals surface area contributed by atoms with E-state index in [1.54, 1.807) is 0 Å². The minimum absolute atomic E-state index is 0.0666. The van der Waals surface area contributed by atoms with Crippen LogP contribution in [0.4, 0.5) is 0 Å². The fourth-order valence-electron chi connectivity index (χ4n) is 1.72. The molecular formula is C7H12N2O4S. The highest BCUT2D eigenvalue weighted by atomic mass is 32.2. The van der Waals surface area contributed by atoms with E-state index in [9.17, 15) is 18.0 Å². The standard InChI is InChI=1S/C7H12N2O4S/c1-7(6(9)11)4(5(8)10)2-3-14(7,12)13/h4H,2-3H2,1H3,(H2,8,10)(H2,9,11). The first kappa shape index (κ1) is 11.0. The lowest BCUT2D eigenvalue weighted by Crippen LogP contribution is -2.53. The summed E-state index contributed by atoms with van der Waals surface area (Å²) in [6.45, 7) is 1.16. The van der Waals surface area contributed by atoms with E-state index in [1.807, 2.05) is 0 Å². The number of primary amides is 2. The zero-order valence-electron chi connectivity index (χ0n) is 7.69. The Morgan fingerprint density at radius 3 is 2.14 bits per heavy atom. The average molecular weight is 220 g/mol. The number of rotatable bonds is 2. The van der Waals surface area contributed by atoms with Crippen LogP contribution in [-0.4, -0.2) is 30.7 Å². The normalized spacial score (nSPS) is 35.4. The highest BCUT2D eigenvalue weighted by Gasteiger charge is 2.57. The zero-order chi connectivity index (χ0) is 11.1. The number of sulfone groups is 1. The van der Waals surface area contributed by atoms with Gasteiger partial charge in [0.25, 0.3) is 0 Å². The van der Waals surface area contributed by atoms with E-state index < -0.39 is 32.3 Å². The molecule has 0 radical (unpaired) electrons. The van der Waals surface area contributed by atoms with Crippen molar-refractivity contribution in [1.82, 2.24) is 0 Å². The monoisotopic (exact) mass is 220 g/mol. The molecule has 14 heavy (non-hydrogen) atoms. The second-order valence-electron chi connectivity index (χ2n) is 3.53. The molecule has 0 aromatic heterocycles. The van der Waals surface area contributed by atoms with E-state index in [0.717, 1.165) is 6.92 Å². The number of carbonyl (C=O) groups is 2. The molecule has 1 heterocycles. The maximum atomic E-state index is 11.5. The topological polar surface area (TPSA) is 120 Å². The van der Waals surface area contributed by atoms with Crippen LogP contribution in [0.15, 0.2) is 0 Å². The van der Waals surface area contributed by atoms with Crippen LogP contribution in [0.2, 0.25) is 0 Å². The predicted molar refractivity (Wildman–Crippen MR) is 48.7 cm³/mol. The first-order valence-electron chi connectivity index (χ1n) is 4.05. The van der Waals surface area contributed by atoms with Crippen molar-refractivity contribution in [2.75, 3.05) is 5.75 Å². The molecule has 1 saturated heterocycles. The van der Waals surface area contributed by atoms with Crippen LogP contribution in [0.1, 0.15) is 13.3 Å². The molecule has 1 rings (SSSR count). The number of nitrogens with two attached hydrogens (primary N) is 2. The van der Waals surface area contributed by atoms with Gasteiger partial charge in [-0.25, -0.2) is 8.42 Å². The van der Waals surface area contributed by atoms with E-state index in [-0.39, 0.29) is 12.2 Å². The van der Waals surface area contributed by atoms with Crippen LogP contribution in [0.5, 0.6) is 0 Å². The summed E-state index contributed by atoms with van der Waals surface area (Å²) in [5.41, 5.74) is 10.0. The highest BCUT2D eigenvalue weighted by molar-refractivity contribution is 7.93. The Hall–Kier alpha value is -1.11. The van der Waals surface area contributed by atoms with Crippen molar-refractivity contribution >= 4 is 21.7 Å². The van der Waals surface area contributed by atoms with Gasteiger partial charge in [0.05, 0.1) is 11.7 Å². The maximum Gasteiger partial charge on any atom is 0.239 e. The second-order valence-corrected chi connectivity index (χ2v) is 6.02. The molecule has 1 aliphatic rings. The van der Waals surface area contributed by atoms with Crippen molar-refractivity contribution in [3.05, 3.63) is 0 Å². The molecule has 4 N–H and O–H groups in total. The Kier molecular flexibility index (Phi) is 2.31. The summed E-state index contributed by atoms with van der Waals surface area (Å²) in [6, 6.07) is 0. The van der Waals surface area contributed by atoms with E-state index >= 15 is 0 Å². The minimum atomic E-state index is -3.66. The lowest BCUT2D eigenvalue weighted by molar-refractivity contribution is -0.128. The summed E-state index contributed by atoms with van der Waals surface area (Å²) in [6.07, 6.45) is 0.0666. The van der Waals surface area contributed by atoms with Crippen LogP contribution >= 0.6 is 0 Å². The van der Waals surface area contributed by atoms with Crippen LogP contribution in [0.3, 0.4) is 0 Å². The number of amides is 2. The third kappa shape index (κ3) is 1.19. The third-order valence-electron chi connectivity index (χ3n) is 2.82. The van der Waals surface area contributed by atoms with Gasteiger partial charge < -0.3 is 11.5 Å². The molecule has 80 valence electrons. The summed E-state index contributed by atoms with van der Waals surface area (Å²) in [4.78, 5) is 22.0. The summed E-state index contributed by atoms with van der Waals surface area (Å²) in [7, 11) is -3.66. The number of carbonyl (C=O) groups excluding carboxylic acids is 2. The number of hydrogen-bond donors (Lipinski definition) is 2. The van der Waals surface area contributed by atoms with Crippen molar-refractivity contribution in [2.24, 2.45) is 17.4 Å². The molecule has 0 aliphatic carbocycles. The molecule has 0 aromatic carbocycles. The number of hydrogen-bond acceptors (Lipinski definition) is 4. The third-order valence-corrected chi connectivity index (χ3v) is 5.37. The molecule has 6 nitrogen and oxygen atoms in total. The largest absolute Gasteiger partial charge is 0.369 e. The Labute approximate surface area is 81.6 Å². The van der Waals surface area contributed by atoms with Crippen LogP contribution in [0, 0.1) is 5.92 Å². The van der Waals surface area contributed by atoms with Gasteiger partial charge in [-0.3, -0.25) is 9.59 Å². The Morgan fingerprint density at radius 2 is 1.86 bits per heavy atom. The van der Waals surface area contributed by atoms with E-state index in [0.29, 0.717) is 0 Å². The fraction of sp³-hybridized carbons (Fsp3) is 0.714. The average Bonchev–Trinajstić information content (AvgIpc) is 2.24. The van der Waals surface area contributed by atoms with Crippen molar-refractivity contribution in [2.45, 2.75) is 18.1 Å². The summed E-state index contributed by atoms with van der Waals surface area (Å²) < 4.78 is 21.2. The summed E-state index contributed by atoms with van der Waals surface area (Å²) in [5, 5.41) is 0. The molecule has 7 heteroatoms. The van der Waals surface area contributed by atoms with Gasteiger partial charge in [-0.15, -0.1) is 0 Å². The SMILES string of the molecule is CC1(C(N)=O)C(C(N)=O)CCS1(=O)=O. The van der Waals surface area contributed by atoms with Gasteiger partial charge >= 0.3 is 0 Å². The van der Waals surface area contributed by atoms with Crippen LogP contribution in [-0.2, 0) is 19.4 Å². The van der Waals surface area contributed by atoms with Crippen molar-refractivity contribution in [3.8, 4) is 0 Å². The van der Waals surface area contributed by atoms with Gasteiger partial charge in [-0.1, -0.05) is 0 Å². The van der Waals surface area contributed by atoms with Gasteiger partial charge in [0.1, 0.15) is 0 Å². The Balaban J connectivity index is 3.31. The first-order chi connectivity index (χ1) is 6.23. The zero-order valence-corrected chi connectivity index (χ0v) is 8.50. The van der Waals surface area contributed by atoms with E-state index in [1.165, 1.54) is 0 Å². The summed E-state index contributed by atoms with van der Waals surface area (Å²) in [5.74, 6) is -3.05. The van der Waals surface area contributed by atoms with Crippen molar-refractivity contribution in [1.29, 1.82) is 0 Å². The molecule has 0 spiro atoms. The van der Waals surface area contributed by atoms with Crippen LogP contribution < -0.4 is 11.5 Å². The Morgan fingerprint density at radius 1 is 1.36 bits per heavy atom. The Bertz CT molecular complexity index is 388. The summed E-state index contributed by atoms with van der Waals surface area (Å²) >= 11 is 0. The molecule has 0 saturated carbocycles. The highest BCUT2D eigenvalue weighted by Crippen LogP contribution is 2.37. The molecule has 0 aromatic rings. The van der Waals surface area contributed by atoms with Gasteiger partial charge in [0, 0.05) is 0 Å². The lowest BCUT2D eigenvalue weighted by atomic mass is 9.90. The minimum Gasteiger partial charge on any atom is -0.369 e. The predicted octanol–water partition coefficient (Wildman–Crippen LogP) is -1.85. The molecule has 2 unspecified atom stereocenters. The van der Waals surface area contributed by atoms with Gasteiger partial charge in [0.2, 0.25) is 11.8 Å². The second kappa shape index (κ2) is 2.94. The van der Waals surface area contributed by atoms with Gasteiger partial charge in [-0.2, -0.15) is 0 Å². The van der Waals surface area contributed by atoms with Crippen molar-refractivity contribution in [3.63, 3.8) is 0 Å². The van der Waals surface area contributed by atoms with Crippen LogP contribution in [0.25, 0.3) is 0 Å². The fourth-order valence-corrected chi connectivity index (χ4v) is 3.66. The van der Waals surface area contributed by atoms with E-state index in [4.69, 9.17) is 11.5 Å². The molecule has 2 amide bonds. The molecule has 1 aliphatic heterocycles. The lowest BCUT2D eigenvalue weighted by Gasteiger charge is -2.24. The molecular weight excluding hydrogens is 208 g/mol. The quantitative estimate of drug-likeness (QED) is 0.567. The van der Waals surface area contributed by atoms with E-state index in [2.05, 4.69) is 0 Å². The molecule has 0 bridgehead atoms. The first-order valence-corrected chi connectivity index (χ1v) is 5.70. The molecule has 1 fully saturated rings.